The van der Waals surface area contributed by atoms with Crippen molar-refractivity contribution in [1.29, 1.82) is 0 Å². The van der Waals surface area contributed by atoms with Gasteiger partial charge >= 0.3 is 0 Å². The number of nitrogens with zero attached hydrogens (tertiary/aromatic N) is 1. The third-order valence-electron chi connectivity index (χ3n) is 4.56. The second-order valence-corrected chi connectivity index (χ2v) is 7.37. The smallest absolute Gasteiger partial charge is 0.241 e. The van der Waals surface area contributed by atoms with Crippen LogP contribution in [-0.4, -0.2) is 43.0 Å². The molecule has 0 bridgehead atoms. The van der Waals surface area contributed by atoms with Crippen LogP contribution in [0.4, 0.5) is 11.4 Å². The van der Waals surface area contributed by atoms with Gasteiger partial charge in [0.25, 0.3) is 0 Å². The van der Waals surface area contributed by atoms with Crippen molar-refractivity contribution in [2.45, 2.75) is 18.9 Å². The summed E-state index contributed by atoms with van der Waals surface area (Å²) in [4.78, 5) is 27.0. The van der Waals surface area contributed by atoms with Crippen molar-refractivity contribution in [3.63, 3.8) is 0 Å². The topological polar surface area (TPSA) is 70.7 Å². The number of rotatable bonds is 6. The minimum Gasteiger partial charge on any atom is -0.497 e. The highest BCUT2D eigenvalue weighted by Crippen LogP contribution is 2.27. The minimum atomic E-state index is -0.386. The fraction of sp³-hybridized carbons (Fsp3) is 0.300. The lowest BCUT2D eigenvalue weighted by Crippen LogP contribution is -2.43. The zero-order valence-electron chi connectivity index (χ0n) is 15.4. The zero-order valence-corrected chi connectivity index (χ0v) is 16.9. The Bertz CT molecular complexity index is 876. The number of benzene rings is 2. The van der Waals surface area contributed by atoms with E-state index in [1.807, 2.05) is 4.90 Å². The summed E-state index contributed by atoms with van der Waals surface area (Å²) < 4.78 is 5.16. The summed E-state index contributed by atoms with van der Waals surface area (Å²) in [6.07, 6.45) is 1.53. The van der Waals surface area contributed by atoms with Gasteiger partial charge in [-0.05, 0) is 49.7 Å². The van der Waals surface area contributed by atoms with E-state index in [2.05, 4.69) is 10.6 Å². The monoisotopic (exact) mass is 421 g/mol. The van der Waals surface area contributed by atoms with Crippen molar-refractivity contribution in [3.05, 3.63) is 52.5 Å². The van der Waals surface area contributed by atoms with Gasteiger partial charge in [-0.1, -0.05) is 29.3 Å². The maximum atomic E-state index is 12.7. The molecule has 1 atom stereocenters. The summed E-state index contributed by atoms with van der Waals surface area (Å²) >= 11 is 12.0. The van der Waals surface area contributed by atoms with E-state index in [9.17, 15) is 9.59 Å². The van der Waals surface area contributed by atoms with Gasteiger partial charge in [0.15, 0.2) is 0 Å². The quantitative estimate of drug-likeness (QED) is 0.737. The van der Waals surface area contributed by atoms with Crippen molar-refractivity contribution in [3.8, 4) is 5.75 Å². The third kappa shape index (κ3) is 5.16. The molecule has 0 aliphatic carbocycles. The Morgan fingerprint density at radius 1 is 1.18 bits per heavy atom. The average Bonchev–Trinajstić information content (AvgIpc) is 3.12. The zero-order chi connectivity index (χ0) is 20.1. The lowest BCUT2D eigenvalue weighted by molar-refractivity contribution is -0.122. The Hall–Kier alpha value is -2.28. The molecule has 2 aromatic rings. The van der Waals surface area contributed by atoms with Gasteiger partial charge in [0, 0.05) is 16.8 Å². The Morgan fingerprint density at radius 2 is 2.00 bits per heavy atom. The van der Waals surface area contributed by atoms with Crippen molar-refractivity contribution < 1.29 is 14.3 Å². The molecule has 6 nitrogen and oxygen atoms in total. The first kappa shape index (κ1) is 20.5. The normalized spacial score (nSPS) is 16.6. The number of ether oxygens (including phenoxy) is 1. The molecule has 0 aromatic heterocycles. The molecule has 3 rings (SSSR count). The van der Waals surface area contributed by atoms with E-state index in [1.54, 1.807) is 49.6 Å². The van der Waals surface area contributed by atoms with Crippen LogP contribution < -0.4 is 15.4 Å². The molecule has 1 aliphatic rings. The van der Waals surface area contributed by atoms with E-state index in [1.165, 1.54) is 0 Å². The predicted octanol–water partition coefficient (Wildman–Crippen LogP) is 4.04. The van der Waals surface area contributed by atoms with Crippen molar-refractivity contribution in [2.24, 2.45) is 0 Å². The van der Waals surface area contributed by atoms with Gasteiger partial charge in [-0.15, -0.1) is 0 Å². The number of likely N-dealkylation sites (tertiary alicyclic amines) is 1. The summed E-state index contributed by atoms with van der Waals surface area (Å²) in [5.74, 6) is 0.296. The van der Waals surface area contributed by atoms with Gasteiger partial charge in [-0.2, -0.15) is 0 Å². The van der Waals surface area contributed by atoms with Crippen LogP contribution in [0.5, 0.6) is 5.75 Å². The average molecular weight is 422 g/mol. The van der Waals surface area contributed by atoms with Gasteiger partial charge in [0.05, 0.1) is 30.4 Å². The molecule has 2 aromatic carbocycles. The van der Waals surface area contributed by atoms with Crippen LogP contribution in [0, 0.1) is 0 Å². The Kier molecular flexibility index (Phi) is 6.78. The molecule has 0 saturated carbocycles. The summed E-state index contributed by atoms with van der Waals surface area (Å²) in [7, 11) is 1.57. The van der Waals surface area contributed by atoms with Crippen LogP contribution in [0.25, 0.3) is 0 Å². The van der Waals surface area contributed by atoms with E-state index in [0.29, 0.717) is 40.1 Å². The summed E-state index contributed by atoms with van der Waals surface area (Å²) in [5.41, 5.74) is 1.15. The molecular formula is C20H21Cl2N3O3. The Labute approximate surface area is 173 Å². The van der Waals surface area contributed by atoms with Gasteiger partial charge < -0.3 is 15.4 Å². The molecule has 2 N–H and O–H groups in total. The van der Waals surface area contributed by atoms with Crippen LogP contribution in [0.1, 0.15) is 12.8 Å². The molecule has 28 heavy (non-hydrogen) atoms. The second kappa shape index (κ2) is 9.28. The number of methoxy groups -OCH3 is 1. The fourth-order valence-electron chi connectivity index (χ4n) is 3.20. The fourth-order valence-corrected chi connectivity index (χ4v) is 3.66. The lowest BCUT2D eigenvalue weighted by atomic mass is 10.2. The van der Waals surface area contributed by atoms with Crippen LogP contribution in [-0.2, 0) is 9.59 Å². The first-order chi connectivity index (χ1) is 13.5. The molecule has 0 spiro atoms. The van der Waals surface area contributed by atoms with Crippen LogP contribution in [0.15, 0.2) is 42.5 Å². The van der Waals surface area contributed by atoms with E-state index in [0.717, 1.165) is 6.42 Å². The van der Waals surface area contributed by atoms with Crippen molar-refractivity contribution >= 4 is 46.4 Å². The van der Waals surface area contributed by atoms with Crippen LogP contribution >= 0.6 is 23.2 Å². The van der Waals surface area contributed by atoms with E-state index >= 15 is 0 Å². The molecule has 1 saturated heterocycles. The molecule has 2 amide bonds. The van der Waals surface area contributed by atoms with E-state index in [-0.39, 0.29) is 24.4 Å². The summed E-state index contributed by atoms with van der Waals surface area (Å²) in [6.45, 7) is 0.807. The van der Waals surface area contributed by atoms with Gasteiger partial charge in [0.1, 0.15) is 5.75 Å². The summed E-state index contributed by atoms with van der Waals surface area (Å²) in [6, 6.07) is 11.7. The molecule has 1 heterocycles. The number of halogens is 2. The number of carbonyl (C=O) groups is 2. The predicted molar refractivity (Wildman–Crippen MR) is 111 cm³/mol. The standard InChI is InChI=1S/C20H21Cl2N3O3/c1-28-15-5-2-4-14(11-15)23-19(26)12-25-9-3-6-18(25)20(27)24-17-8-7-13(21)10-16(17)22/h2,4-5,7-8,10-11,18H,3,6,9,12H2,1H3,(H,23,26)(H,24,27)/t18-/m1/s1. The van der Waals surface area contributed by atoms with E-state index < -0.39 is 0 Å². The first-order valence-electron chi connectivity index (χ1n) is 8.90. The summed E-state index contributed by atoms with van der Waals surface area (Å²) in [5, 5.41) is 6.54. The van der Waals surface area contributed by atoms with Crippen molar-refractivity contribution in [2.75, 3.05) is 30.8 Å². The molecule has 1 fully saturated rings. The molecule has 1 aliphatic heterocycles. The van der Waals surface area contributed by atoms with Gasteiger partial charge in [-0.25, -0.2) is 0 Å². The largest absolute Gasteiger partial charge is 0.497 e. The first-order valence-corrected chi connectivity index (χ1v) is 9.66. The van der Waals surface area contributed by atoms with Crippen LogP contribution in [0.3, 0.4) is 0 Å². The SMILES string of the molecule is COc1cccc(NC(=O)CN2CCC[C@@H]2C(=O)Nc2ccc(Cl)cc2Cl)c1. The highest BCUT2D eigenvalue weighted by atomic mass is 35.5. The number of amides is 2. The maximum absolute atomic E-state index is 12.7. The number of anilines is 2. The number of hydrogen-bond acceptors (Lipinski definition) is 4. The van der Waals surface area contributed by atoms with Crippen molar-refractivity contribution in [1.82, 2.24) is 4.90 Å². The van der Waals surface area contributed by atoms with Gasteiger partial charge in [-0.3, -0.25) is 14.5 Å². The second-order valence-electron chi connectivity index (χ2n) is 6.52. The number of hydrogen-bond donors (Lipinski definition) is 2. The molecule has 148 valence electrons. The number of nitrogens with one attached hydrogen (secondary N) is 2. The van der Waals surface area contributed by atoms with Crippen LogP contribution in [0.2, 0.25) is 10.0 Å². The molecule has 8 heteroatoms. The number of carbonyl (C=O) groups excluding carboxylic acids is 2. The molecular weight excluding hydrogens is 401 g/mol. The Morgan fingerprint density at radius 3 is 2.75 bits per heavy atom. The van der Waals surface area contributed by atoms with Gasteiger partial charge in [0.2, 0.25) is 11.8 Å². The van der Waals surface area contributed by atoms with E-state index in [4.69, 9.17) is 27.9 Å². The molecule has 0 radical (unpaired) electrons. The third-order valence-corrected chi connectivity index (χ3v) is 5.10. The molecule has 0 unspecified atom stereocenters. The maximum Gasteiger partial charge on any atom is 0.241 e. The Balaban J connectivity index is 1.60. The highest BCUT2D eigenvalue weighted by Gasteiger charge is 2.32. The highest BCUT2D eigenvalue weighted by molar-refractivity contribution is 6.36. The lowest BCUT2D eigenvalue weighted by Gasteiger charge is -2.23. The minimum absolute atomic E-state index is 0.129.